The molecular weight excluding hydrogens is 277 g/mol. The number of nitrogens with two attached hydrogens (primary N) is 1. The summed E-state index contributed by atoms with van der Waals surface area (Å²) in [5, 5.41) is 0. The van der Waals surface area contributed by atoms with E-state index in [0.29, 0.717) is 22.6 Å². The van der Waals surface area contributed by atoms with Gasteiger partial charge in [0.2, 0.25) is 0 Å². The smallest absolute Gasteiger partial charge is 0.161 e. The molecule has 5 heteroatoms. The van der Waals surface area contributed by atoms with Crippen molar-refractivity contribution in [1.29, 1.82) is 0 Å². The van der Waals surface area contributed by atoms with Crippen molar-refractivity contribution < 1.29 is 13.9 Å². The second kappa shape index (κ2) is 6.34. The number of hydrogen-bond donors (Lipinski definition) is 1. The van der Waals surface area contributed by atoms with Gasteiger partial charge in [0, 0.05) is 5.56 Å². The van der Waals surface area contributed by atoms with E-state index in [4.69, 9.17) is 27.4 Å². The van der Waals surface area contributed by atoms with Crippen LogP contribution in [-0.4, -0.2) is 12.1 Å². The Labute approximate surface area is 122 Å². The molecule has 20 heavy (non-hydrogen) atoms. The van der Waals surface area contributed by atoms with Crippen LogP contribution in [0.5, 0.6) is 11.5 Å². The Morgan fingerprint density at radius 3 is 2.55 bits per heavy atom. The first-order valence-corrected chi connectivity index (χ1v) is 6.36. The monoisotopic (exact) mass is 291 g/mol. The Morgan fingerprint density at radius 2 is 1.90 bits per heavy atom. The number of halogens is 1. The van der Waals surface area contributed by atoms with Crippen molar-refractivity contribution in [1.82, 2.24) is 0 Å². The first-order valence-electron chi connectivity index (χ1n) is 5.95. The predicted octanol–water partition coefficient (Wildman–Crippen LogP) is 3.05. The van der Waals surface area contributed by atoms with Crippen molar-refractivity contribution in [3.8, 4) is 11.5 Å². The third-order valence-electron chi connectivity index (χ3n) is 2.71. The van der Waals surface area contributed by atoms with Crippen LogP contribution in [0.2, 0.25) is 0 Å². The van der Waals surface area contributed by atoms with Crippen molar-refractivity contribution >= 4 is 17.2 Å². The quantitative estimate of drug-likeness (QED) is 0.860. The lowest BCUT2D eigenvalue weighted by molar-refractivity contribution is 0.284. The standard InChI is InChI=1S/C15H14FNO2S/c1-18-13-4-2-3-5-14(13)19-9-10-6-11(15(17)20)8-12(16)7-10/h2-8H,9H2,1H3,(H2,17,20). The van der Waals surface area contributed by atoms with Crippen LogP contribution in [0.25, 0.3) is 0 Å². The van der Waals surface area contributed by atoms with E-state index in [-0.39, 0.29) is 11.6 Å². The second-order valence-electron chi connectivity index (χ2n) is 4.15. The van der Waals surface area contributed by atoms with E-state index in [2.05, 4.69) is 0 Å². The van der Waals surface area contributed by atoms with Gasteiger partial charge in [-0.25, -0.2) is 4.39 Å². The molecule has 104 valence electrons. The summed E-state index contributed by atoms with van der Waals surface area (Å²) in [6, 6.07) is 11.7. The number of rotatable bonds is 5. The summed E-state index contributed by atoms with van der Waals surface area (Å²) in [4.78, 5) is 0.156. The third-order valence-corrected chi connectivity index (χ3v) is 2.94. The molecule has 0 aliphatic carbocycles. The number of ether oxygens (including phenoxy) is 2. The molecule has 0 saturated heterocycles. The molecule has 0 heterocycles. The molecule has 0 fully saturated rings. The van der Waals surface area contributed by atoms with E-state index < -0.39 is 5.82 Å². The van der Waals surface area contributed by atoms with Crippen LogP contribution >= 0.6 is 12.2 Å². The van der Waals surface area contributed by atoms with Gasteiger partial charge in [0.15, 0.2) is 11.5 Å². The Bertz CT molecular complexity index is 631. The maximum atomic E-state index is 13.5. The Balaban J connectivity index is 2.16. The zero-order valence-electron chi connectivity index (χ0n) is 10.9. The Kier molecular flexibility index (Phi) is 4.53. The summed E-state index contributed by atoms with van der Waals surface area (Å²) in [6.45, 7) is 0.202. The fourth-order valence-corrected chi connectivity index (χ4v) is 1.89. The van der Waals surface area contributed by atoms with E-state index >= 15 is 0 Å². The second-order valence-corrected chi connectivity index (χ2v) is 4.59. The van der Waals surface area contributed by atoms with Crippen LogP contribution in [0.1, 0.15) is 11.1 Å². The number of thiocarbonyl (C=S) groups is 1. The van der Waals surface area contributed by atoms with E-state index in [1.54, 1.807) is 25.3 Å². The highest BCUT2D eigenvalue weighted by Gasteiger charge is 2.06. The highest BCUT2D eigenvalue weighted by Crippen LogP contribution is 2.26. The molecule has 0 spiro atoms. The van der Waals surface area contributed by atoms with Gasteiger partial charge in [-0.05, 0) is 35.9 Å². The van der Waals surface area contributed by atoms with Gasteiger partial charge in [0.25, 0.3) is 0 Å². The van der Waals surface area contributed by atoms with Gasteiger partial charge in [-0.3, -0.25) is 0 Å². The maximum absolute atomic E-state index is 13.5. The van der Waals surface area contributed by atoms with Gasteiger partial charge < -0.3 is 15.2 Å². The number of para-hydroxylation sites is 2. The molecule has 0 radical (unpaired) electrons. The minimum atomic E-state index is -0.395. The molecule has 0 amide bonds. The molecule has 2 rings (SSSR count). The highest BCUT2D eigenvalue weighted by molar-refractivity contribution is 7.80. The summed E-state index contributed by atoms with van der Waals surface area (Å²) < 4.78 is 24.3. The fourth-order valence-electron chi connectivity index (χ4n) is 1.78. The van der Waals surface area contributed by atoms with Crippen LogP contribution in [0.4, 0.5) is 4.39 Å². The van der Waals surface area contributed by atoms with Crippen LogP contribution in [-0.2, 0) is 6.61 Å². The molecule has 2 N–H and O–H groups in total. The third kappa shape index (κ3) is 3.45. The molecule has 0 saturated carbocycles. The van der Waals surface area contributed by atoms with Crippen LogP contribution in [0.3, 0.4) is 0 Å². The SMILES string of the molecule is COc1ccccc1OCc1cc(F)cc(C(N)=S)c1. The van der Waals surface area contributed by atoms with Crippen molar-refractivity contribution in [3.05, 3.63) is 59.4 Å². The molecule has 2 aromatic rings. The van der Waals surface area contributed by atoms with Crippen molar-refractivity contribution in [3.63, 3.8) is 0 Å². The Hall–Kier alpha value is -2.14. The topological polar surface area (TPSA) is 44.5 Å². The zero-order chi connectivity index (χ0) is 14.5. The maximum Gasteiger partial charge on any atom is 0.161 e. The molecule has 2 aromatic carbocycles. The average molecular weight is 291 g/mol. The number of methoxy groups -OCH3 is 1. The largest absolute Gasteiger partial charge is 0.493 e. The molecule has 0 bridgehead atoms. The molecule has 0 atom stereocenters. The predicted molar refractivity (Wildman–Crippen MR) is 79.6 cm³/mol. The summed E-state index contributed by atoms with van der Waals surface area (Å²) in [5.74, 6) is 0.823. The molecule has 0 aromatic heterocycles. The lowest BCUT2D eigenvalue weighted by atomic mass is 10.1. The molecule has 0 aliphatic rings. The molecule has 0 aliphatic heterocycles. The van der Waals surface area contributed by atoms with E-state index in [0.717, 1.165) is 0 Å². The van der Waals surface area contributed by atoms with Crippen molar-refractivity contribution in [2.45, 2.75) is 6.61 Å². The molecule has 3 nitrogen and oxygen atoms in total. The van der Waals surface area contributed by atoms with Crippen LogP contribution in [0, 0.1) is 5.82 Å². The zero-order valence-corrected chi connectivity index (χ0v) is 11.7. The van der Waals surface area contributed by atoms with E-state index in [1.807, 2.05) is 12.1 Å². The van der Waals surface area contributed by atoms with Gasteiger partial charge in [-0.15, -0.1) is 0 Å². The summed E-state index contributed by atoms with van der Waals surface area (Å²) in [7, 11) is 1.56. The highest BCUT2D eigenvalue weighted by atomic mass is 32.1. The van der Waals surface area contributed by atoms with E-state index in [9.17, 15) is 4.39 Å². The molecule has 0 unspecified atom stereocenters. The van der Waals surface area contributed by atoms with Crippen molar-refractivity contribution in [2.24, 2.45) is 5.73 Å². The first-order chi connectivity index (χ1) is 9.60. The van der Waals surface area contributed by atoms with Crippen LogP contribution in [0.15, 0.2) is 42.5 Å². The van der Waals surface area contributed by atoms with Crippen molar-refractivity contribution in [2.75, 3.05) is 7.11 Å². The van der Waals surface area contributed by atoms with Gasteiger partial charge in [-0.2, -0.15) is 0 Å². The summed E-state index contributed by atoms with van der Waals surface area (Å²) in [6.07, 6.45) is 0. The van der Waals surface area contributed by atoms with E-state index in [1.165, 1.54) is 12.1 Å². The van der Waals surface area contributed by atoms with Gasteiger partial charge in [-0.1, -0.05) is 24.4 Å². The lowest BCUT2D eigenvalue weighted by Gasteiger charge is -2.11. The summed E-state index contributed by atoms with van der Waals surface area (Å²) in [5.41, 5.74) is 6.64. The summed E-state index contributed by atoms with van der Waals surface area (Å²) >= 11 is 4.85. The van der Waals surface area contributed by atoms with Crippen LogP contribution < -0.4 is 15.2 Å². The van der Waals surface area contributed by atoms with Gasteiger partial charge >= 0.3 is 0 Å². The minimum Gasteiger partial charge on any atom is -0.493 e. The average Bonchev–Trinajstić information content (AvgIpc) is 2.44. The number of hydrogen-bond acceptors (Lipinski definition) is 3. The number of benzene rings is 2. The normalized spacial score (nSPS) is 10.1. The fraction of sp³-hybridized carbons (Fsp3) is 0.133. The Morgan fingerprint density at radius 1 is 1.20 bits per heavy atom. The minimum absolute atomic E-state index is 0.156. The molecular formula is C15H14FNO2S. The van der Waals surface area contributed by atoms with Gasteiger partial charge in [0.05, 0.1) is 7.11 Å². The lowest BCUT2D eigenvalue weighted by Crippen LogP contribution is -2.10. The first kappa shape index (κ1) is 14.3. The van der Waals surface area contributed by atoms with Gasteiger partial charge in [0.1, 0.15) is 17.4 Å².